The first-order chi connectivity index (χ1) is 11.3. The van der Waals surface area contributed by atoms with Crippen molar-refractivity contribution in [1.29, 1.82) is 0 Å². The van der Waals surface area contributed by atoms with Gasteiger partial charge in [0.25, 0.3) is 0 Å². The van der Waals surface area contributed by atoms with Crippen molar-refractivity contribution in [2.45, 2.75) is 13.1 Å². The summed E-state index contributed by atoms with van der Waals surface area (Å²) in [4.78, 5) is 2.37. The minimum absolute atomic E-state index is 0. The second kappa shape index (κ2) is 11.9. The number of nitrogens with two attached hydrogens (primary N) is 1. The van der Waals surface area contributed by atoms with Crippen molar-refractivity contribution in [1.82, 2.24) is 4.90 Å². The van der Waals surface area contributed by atoms with E-state index in [0.29, 0.717) is 19.8 Å². The van der Waals surface area contributed by atoms with Gasteiger partial charge in [0, 0.05) is 32.4 Å². The van der Waals surface area contributed by atoms with Crippen LogP contribution in [0.4, 0.5) is 5.69 Å². The Morgan fingerprint density at radius 1 is 0.875 bits per heavy atom. The van der Waals surface area contributed by atoms with Gasteiger partial charge in [-0.1, -0.05) is 42.5 Å². The minimum atomic E-state index is 0. The van der Waals surface area contributed by atoms with Crippen LogP contribution in [0.15, 0.2) is 54.6 Å². The van der Waals surface area contributed by atoms with Gasteiger partial charge in [0.05, 0.1) is 19.8 Å². The fourth-order valence-corrected chi connectivity index (χ4v) is 2.44. The highest BCUT2D eigenvalue weighted by molar-refractivity contribution is 5.85. The molecule has 0 bridgehead atoms. The molecule has 4 nitrogen and oxygen atoms in total. The zero-order valence-corrected chi connectivity index (χ0v) is 15.0. The van der Waals surface area contributed by atoms with Crippen LogP contribution in [-0.2, 0) is 22.6 Å². The number of benzene rings is 2. The van der Waals surface area contributed by atoms with E-state index in [2.05, 4.69) is 35.2 Å². The van der Waals surface area contributed by atoms with Crippen LogP contribution in [0.3, 0.4) is 0 Å². The molecule has 2 N–H and O–H groups in total. The summed E-state index contributed by atoms with van der Waals surface area (Å²) in [5, 5.41) is 0. The lowest BCUT2D eigenvalue weighted by Gasteiger charge is -2.22. The number of methoxy groups -OCH3 is 1. The fraction of sp³-hybridized carbons (Fsp3) is 0.368. The molecule has 2 rings (SSSR count). The van der Waals surface area contributed by atoms with Gasteiger partial charge in [-0.3, -0.25) is 4.90 Å². The van der Waals surface area contributed by atoms with E-state index >= 15 is 0 Å². The van der Waals surface area contributed by atoms with E-state index in [1.54, 1.807) is 7.11 Å². The minimum Gasteiger partial charge on any atom is -0.399 e. The predicted molar refractivity (Wildman–Crippen MR) is 101 cm³/mol. The first-order valence-electron chi connectivity index (χ1n) is 7.95. The zero-order valence-electron chi connectivity index (χ0n) is 14.2. The molecule has 0 unspecified atom stereocenters. The normalized spacial score (nSPS) is 10.6. The molecule has 0 aromatic heterocycles. The summed E-state index contributed by atoms with van der Waals surface area (Å²) in [6.07, 6.45) is 0. The highest BCUT2D eigenvalue weighted by Crippen LogP contribution is 2.12. The summed E-state index contributed by atoms with van der Waals surface area (Å²) in [5.41, 5.74) is 9.21. The van der Waals surface area contributed by atoms with E-state index < -0.39 is 0 Å². The van der Waals surface area contributed by atoms with Gasteiger partial charge >= 0.3 is 0 Å². The van der Waals surface area contributed by atoms with Gasteiger partial charge in [-0.25, -0.2) is 0 Å². The third kappa shape index (κ3) is 7.79. The molecular weight excluding hydrogens is 324 g/mol. The largest absolute Gasteiger partial charge is 0.399 e. The van der Waals surface area contributed by atoms with Crippen molar-refractivity contribution >= 4 is 18.1 Å². The lowest BCUT2D eigenvalue weighted by molar-refractivity contribution is 0.0547. The maximum Gasteiger partial charge on any atom is 0.0700 e. The molecule has 24 heavy (non-hydrogen) atoms. The monoisotopic (exact) mass is 350 g/mol. The molecule has 2 aromatic carbocycles. The highest BCUT2D eigenvalue weighted by atomic mass is 35.5. The molecular formula is C19H27ClN2O2. The molecule has 0 fully saturated rings. The van der Waals surface area contributed by atoms with Crippen LogP contribution in [0.1, 0.15) is 11.1 Å². The molecule has 0 aliphatic rings. The van der Waals surface area contributed by atoms with Gasteiger partial charge in [-0.2, -0.15) is 0 Å². The summed E-state index contributed by atoms with van der Waals surface area (Å²) in [5.74, 6) is 0. The Labute approximate surface area is 151 Å². The van der Waals surface area contributed by atoms with E-state index in [1.165, 1.54) is 11.1 Å². The van der Waals surface area contributed by atoms with E-state index in [4.69, 9.17) is 15.2 Å². The third-order valence-corrected chi connectivity index (χ3v) is 3.59. The average molecular weight is 351 g/mol. The Balaban J connectivity index is 0.00000288. The molecule has 0 saturated carbocycles. The number of ether oxygens (including phenoxy) is 2. The summed E-state index contributed by atoms with van der Waals surface area (Å²) >= 11 is 0. The summed E-state index contributed by atoms with van der Waals surface area (Å²) in [7, 11) is 1.69. The van der Waals surface area contributed by atoms with Crippen LogP contribution in [-0.4, -0.2) is 38.4 Å². The van der Waals surface area contributed by atoms with E-state index in [-0.39, 0.29) is 12.4 Å². The Morgan fingerprint density at radius 2 is 1.58 bits per heavy atom. The molecule has 2 aromatic rings. The number of nitrogens with zero attached hydrogens (tertiary/aromatic N) is 1. The van der Waals surface area contributed by atoms with Crippen molar-refractivity contribution < 1.29 is 9.47 Å². The summed E-state index contributed by atoms with van der Waals surface area (Å²) in [6.45, 7) is 4.57. The molecule has 0 heterocycles. The van der Waals surface area contributed by atoms with Gasteiger partial charge in [-0.15, -0.1) is 12.4 Å². The Bertz CT molecular complexity index is 566. The van der Waals surface area contributed by atoms with Crippen molar-refractivity contribution in [2.24, 2.45) is 0 Å². The van der Waals surface area contributed by atoms with E-state index in [9.17, 15) is 0 Å². The molecule has 0 amide bonds. The number of rotatable bonds is 10. The van der Waals surface area contributed by atoms with Gasteiger partial charge in [0.15, 0.2) is 0 Å². The molecule has 0 aliphatic carbocycles. The number of halogens is 1. The number of hydrogen-bond donors (Lipinski definition) is 1. The maximum atomic E-state index is 5.88. The van der Waals surface area contributed by atoms with Crippen molar-refractivity contribution in [3.63, 3.8) is 0 Å². The van der Waals surface area contributed by atoms with Gasteiger partial charge < -0.3 is 15.2 Å². The quantitative estimate of drug-likeness (QED) is 0.527. The summed E-state index contributed by atoms with van der Waals surface area (Å²) in [6, 6.07) is 18.5. The Kier molecular flexibility index (Phi) is 10.1. The first-order valence-corrected chi connectivity index (χ1v) is 7.95. The molecule has 0 radical (unpaired) electrons. The zero-order chi connectivity index (χ0) is 16.3. The van der Waals surface area contributed by atoms with Crippen molar-refractivity contribution in [2.75, 3.05) is 39.2 Å². The number of anilines is 1. The van der Waals surface area contributed by atoms with Gasteiger partial charge in [0.2, 0.25) is 0 Å². The van der Waals surface area contributed by atoms with Crippen LogP contribution >= 0.6 is 12.4 Å². The lowest BCUT2D eigenvalue weighted by atomic mass is 10.1. The van der Waals surface area contributed by atoms with Gasteiger partial charge in [-0.05, 0) is 23.3 Å². The first kappa shape index (κ1) is 20.5. The predicted octanol–water partition coefficient (Wildman–Crippen LogP) is 3.36. The molecule has 0 aliphatic heterocycles. The van der Waals surface area contributed by atoms with Crippen LogP contribution < -0.4 is 5.73 Å². The third-order valence-electron chi connectivity index (χ3n) is 3.59. The topological polar surface area (TPSA) is 47.7 Å². The Hall–Kier alpha value is -1.59. The molecule has 132 valence electrons. The number of hydrogen-bond acceptors (Lipinski definition) is 4. The molecule has 0 atom stereocenters. The Morgan fingerprint density at radius 3 is 2.29 bits per heavy atom. The number of nitrogen functional groups attached to an aromatic ring is 1. The smallest absolute Gasteiger partial charge is 0.0700 e. The van der Waals surface area contributed by atoms with Crippen molar-refractivity contribution in [3.8, 4) is 0 Å². The molecule has 0 spiro atoms. The van der Waals surface area contributed by atoms with Crippen molar-refractivity contribution in [3.05, 3.63) is 65.7 Å². The maximum absolute atomic E-state index is 5.88. The fourth-order valence-electron chi connectivity index (χ4n) is 2.44. The van der Waals surface area contributed by atoms with Crippen LogP contribution in [0.2, 0.25) is 0 Å². The second-order valence-corrected chi connectivity index (χ2v) is 5.55. The average Bonchev–Trinajstić information content (AvgIpc) is 2.55. The van der Waals surface area contributed by atoms with Gasteiger partial charge in [0.1, 0.15) is 0 Å². The SMILES string of the molecule is COCCOCCN(Cc1ccccc1)Cc1cccc(N)c1.Cl. The standard InChI is InChI=1S/C19H26N2O2.ClH/c1-22-12-13-23-11-10-21(15-17-6-3-2-4-7-17)16-18-8-5-9-19(20)14-18;/h2-9,14H,10-13,15-16,20H2,1H3;1H. The van der Waals surface area contributed by atoms with E-state index in [0.717, 1.165) is 25.3 Å². The highest BCUT2D eigenvalue weighted by Gasteiger charge is 2.07. The van der Waals surface area contributed by atoms with Crippen LogP contribution in [0.25, 0.3) is 0 Å². The summed E-state index contributed by atoms with van der Waals surface area (Å²) < 4.78 is 10.6. The second-order valence-electron chi connectivity index (χ2n) is 5.55. The van der Waals surface area contributed by atoms with Crippen LogP contribution in [0, 0.1) is 0 Å². The molecule has 0 saturated heterocycles. The lowest BCUT2D eigenvalue weighted by Crippen LogP contribution is -2.27. The molecule has 5 heteroatoms. The van der Waals surface area contributed by atoms with E-state index in [1.807, 2.05) is 24.3 Å². The van der Waals surface area contributed by atoms with Crippen LogP contribution in [0.5, 0.6) is 0 Å².